The second kappa shape index (κ2) is 7.89. The number of benzene rings is 1. The summed E-state index contributed by atoms with van der Waals surface area (Å²) in [5.41, 5.74) is 1.57. The van der Waals surface area contributed by atoms with E-state index in [4.69, 9.17) is 0 Å². The van der Waals surface area contributed by atoms with Gasteiger partial charge >= 0.3 is 0 Å². The van der Waals surface area contributed by atoms with Crippen LogP contribution in [0.15, 0.2) is 24.3 Å². The Morgan fingerprint density at radius 3 is 2.19 bits per heavy atom. The van der Waals surface area contributed by atoms with Gasteiger partial charge in [0.25, 0.3) is 16.1 Å². The Kier molecular flexibility index (Phi) is 5.53. The van der Waals surface area contributed by atoms with Crippen molar-refractivity contribution in [1.82, 2.24) is 13.9 Å². The molecule has 0 unspecified atom stereocenters. The number of hydrogen-bond donors (Lipinski definition) is 1. The molecule has 1 N–H and O–H groups in total. The van der Waals surface area contributed by atoms with Crippen molar-refractivity contribution in [2.45, 2.75) is 70.0 Å². The fourth-order valence-corrected chi connectivity index (χ4v) is 5.54. The highest BCUT2D eigenvalue weighted by molar-refractivity contribution is 7.86. The molecule has 0 atom stereocenters. The van der Waals surface area contributed by atoms with Gasteiger partial charge in [-0.25, -0.2) is 0 Å². The third kappa shape index (κ3) is 4.70. The number of amides is 1. The molecule has 0 bridgehead atoms. The number of nitrogens with zero attached hydrogens (tertiary/aromatic N) is 2. The molecule has 1 aromatic rings. The Bertz CT molecular complexity index is 762. The lowest BCUT2D eigenvalue weighted by Gasteiger charge is -2.29. The number of carbonyl (C=O) groups is 1. The average molecular weight is 392 g/mol. The second-order valence-electron chi connectivity index (χ2n) is 8.04. The van der Waals surface area contributed by atoms with E-state index in [1.54, 1.807) is 20.7 Å². The maximum absolute atomic E-state index is 13.2. The van der Waals surface area contributed by atoms with Crippen LogP contribution < -0.4 is 5.32 Å². The molecular formula is C20H29N3O3S. The van der Waals surface area contributed by atoms with Gasteiger partial charge in [0.1, 0.15) is 0 Å². The van der Waals surface area contributed by atoms with E-state index in [1.165, 1.54) is 0 Å². The quantitative estimate of drug-likeness (QED) is 0.777. The fraction of sp³-hybridized carbons (Fsp3) is 0.650. The van der Waals surface area contributed by atoms with E-state index in [1.807, 2.05) is 12.1 Å². The van der Waals surface area contributed by atoms with E-state index < -0.39 is 10.2 Å². The van der Waals surface area contributed by atoms with Gasteiger partial charge in [-0.15, -0.1) is 0 Å². The predicted molar refractivity (Wildman–Crippen MR) is 104 cm³/mol. The van der Waals surface area contributed by atoms with Crippen molar-refractivity contribution < 1.29 is 13.2 Å². The molecule has 0 spiro atoms. The van der Waals surface area contributed by atoms with Gasteiger partial charge in [-0.3, -0.25) is 4.79 Å². The summed E-state index contributed by atoms with van der Waals surface area (Å²) in [5.74, 6) is -0.0414. The summed E-state index contributed by atoms with van der Waals surface area (Å²) in [6, 6.07) is 7.83. The van der Waals surface area contributed by atoms with E-state index >= 15 is 0 Å². The molecule has 148 valence electrons. The average Bonchev–Trinajstić information content (AvgIpc) is 3.54. The van der Waals surface area contributed by atoms with Crippen molar-refractivity contribution in [2.75, 3.05) is 13.1 Å². The standard InChI is InChI=1S/C20H29N3O3S/c24-20(21-18-9-10-18)17-7-5-16(6-8-17)15-23(19-11-12-19)27(25,26)22-13-3-1-2-4-14-22/h5-8,18-19H,1-4,9-15H2,(H,21,24). The summed E-state index contributed by atoms with van der Waals surface area (Å²) in [6.45, 7) is 1.64. The van der Waals surface area contributed by atoms with Gasteiger partial charge in [0.05, 0.1) is 0 Å². The van der Waals surface area contributed by atoms with Gasteiger partial charge in [0.2, 0.25) is 0 Å². The SMILES string of the molecule is O=C(NC1CC1)c1ccc(CN(C2CC2)S(=O)(=O)N2CCCCCC2)cc1. The van der Waals surface area contributed by atoms with Crippen LogP contribution >= 0.6 is 0 Å². The van der Waals surface area contributed by atoms with Crippen LogP contribution in [0.3, 0.4) is 0 Å². The monoisotopic (exact) mass is 391 g/mol. The summed E-state index contributed by atoms with van der Waals surface area (Å²) < 4.78 is 29.8. The van der Waals surface area contributed by atoms with Crippen molar-refractivity contribution in [1.29, 1.82) is 0 Å². The Balaban J connectivity index is 1.45. The van der Waals surface area contributed by atoms with Crippen LogP contribution in [0.2, 0.25) is 0 Å². The minimum Gasteiger partial charge on any atom is -0.349 e. The molecule has 1 aromatic carbocycles. The molecule has 2 saturated carbocycles. The van der Waals surface area contributed by atoms with Crippen molar-refractivity contribution in [3.63, 3.8) is 0 Å². The predicted octanol–water partition coefficient (Wildman–Crippen LogP) is 2.66. The zero-order valence-electron chi connectivity index (χ0n) is 15.8. The highest BCUT2D eigenvalue weighted by Crippen LogP contribution is 2.33. The molecule has 1 amide bonds. The minimum atomic E-state index is -3.43. The molecule has 6 nitrogen and oxygen atoms in total. The summed E-state index contributed by atoms with van der Waals surface area (Å²) >= 11 is 0. The van der Waals surface area contributed by atoms with Gasteiger partial charge in [-0.2, -0.15) is 17.0 Å². The van der Waals surface area contributed by atoms with E-state index in [0.29, 0.717) is 31.2 Å². The molecule has 0 radical (unpaired) electrons. The van der Waals surface area contributed by atoms with Gasteiger partial charge in [0, 0.05) is 37.3 Å². The van der Waals surface area contributed by atoms with Gasteiger partial charge in [-0.1, -0.05) is 25.0 Å². The summed E-state index contributed by atoms with van der Waals surface area (Å²) in [6.07, 6.45) is 8.12. The first-order chi connectivity index (χ1) is 13.0. The topological polar surface area (TPSA) is 69.7 Å². The highest BCUT2D eigenvalue weighted by atomic mass is 32.2. The summed E-state index contributed by atoms with van der Waals surface area (Å²) in [7, 11) is -3.43. The molecule has 1 aliphatic heterocycles. The van der Waals surface area contributed by atoms with Crippen LogP contribution in [0.25, 0.3) is 0 Å². The molecule has 1 heterocycles. The Morgan fingerprint density at radius 1 is 1.00 bits per heavy atom. The smallest absolute Gasteiger partial charge is 0.282 e. The van der Waals surface area contributed by atoms with Crippen LogP contribution in [0, 0.1) is 0 Å². The molecule has 3 fully saturated rings. The lowest BCUT2D eigenvalue weighted by Crippen LogP contribution is -2.45. The maximum Gasteiger partial charge on any atom is 0.282 e. The van der Waals surface area contributed by atoms with Crippen LogP contribution in [0.1, 0.15) is 67.3 Å². The van der Waals surface area contributed by atoms with E-state index in [-0.39, 0.29) is 11.9 Å². The van der Waals surface area contributed by atoms with Crippen LogP contribution in [0.4, 0.5) is 0 Å². The number of carbonyl (C=O) groups excluding carboxylic acids is 1. The van der Waals surface area contributed by atoms with Gasteiger partial charge in [-0.05, 0) is 56.2 Å². The Labute approximate surface area is 162 Å². The van der Waals surface area contributed by atoms with E-state index in [9.17, 15) is 13.2 Å². The van der Waals surface area contributed by atoms with Crippen molar-refractivity contribution in [3.05, 3.63) is 35.4 Å². The lowest BCUT2D eigenvalue weighted by molar-refractivity contribution is 0.0951. The third-order valence-electron chi connectivity index (χ3n) is 5.61. The largest absolute Gasteiger partial charge is 0.349 e. The summed E-state index contributed by atoms with van der Waals surface area (Å²) in [5, 5.41) is 2.98. The van der Waals surface area contributed by atoms with Crippen LogP contribution in [0.5, 0.6) is 0 Å². The van der Waals surface area contributed by atoms with Gasteiger partial charge in [0.15, 0.2) is 0 Å². The molecule has 3 aliphatic rings. The second-order valence-corrected chi connectivity index (χ2v) is 9.92. The van der Waals surface area contributed by atoms with Crippen molar-refractivity contribution in [3.8, 4) is 0 Å². The molecule has 0 aromatic heterocycles. The highest BCUT2D eigenvalue weighted by Gasteiger charge is 2.40. The maximum atomic E-state index is 13.2. The van der Waals surface area contributed by atoms with Crippen molar-refractivity contribution in [2.24, 2.45) is 0 Å². The van der Waals surface area contributed by atoms with E-state index in [2.05, 4.69) is 5.32 Å². The molecule has 4 rings (SSSR count). The summed E-state index contributed by atoms with van der Waals surface area (Å²) in [4.78, 5) is 12.1. The number of nitrogens with one attached hydrogen (secondary N) is 1. The Hall–Kier alpha value is -1.44. The van der Waals surface area contributed by atoms with Crippen LogP contribution in [-0.2, 0) is 16.8 Å². The third-order valence-corrected chi connectivity index (χ3v) is 7.65. The molecule has 1 saturated heterocycles. The lowest BCUT2D eigenvalue weighted by atomic mass is 10.1. The van der Waals surface area contributed by atoms with Gasteiger partial charge < -0.3 is 5.32 Å². The minimum absolute atomic E-state index is 0.0414. The molecule has 27 heavy (non-hydrogen) atoms. The molecule has 7 heteroatoms. The first kappa shape index (κ1) is 18.9. The van der Waals surface area contributed by atoms with Crippen molar-refractivity contribution >= 4 is 16.1 Å². The zero-order chi connectivity index (χ0) is 18.9. The van der Waals surface area contributed by atoms with Crippen LogP contribution in [-0.4, -0.2) is 48.1 Å². The number of rotatable bonds is 7. The fourth-order valence-electron chi connectivity index (χ4n) is 3.62. The number of hydrogen-bond acceptors (Lipinski definition) is 3. The molecule has 2 aliphatic carbocycles. The first-order valence-electron chi connectivity index (χ1n) is 10.2. The molecular weight excluding hydrogens is 362 g/mol. The normalized spacial score (nSPS) is 21.8. The van der Waals surface area contributed by atoms with E-state index in [0.717, 1.165) is 56.9 Å². The Morgan fingerprint density at radius 2 is 1.63 bits per heavy atom. The first-order valence-corrected chi connectivity index (χ1v) is 11.6. The zero-order valence-corrected chi connectivity index (χ0v) is 16.6.